The molecule has 7 nitrogen and oxygen atoms in total. The zero-order chi connectivity index (χ0) is 19.1. The molecule has 0 heterocycles. The van der Waals surface area contributed by atoms with Gasteiger partial charge < -0.3 is 14.6 Å². The van der Waals surface area contributed by atoms with Gasteiger partial charge in [-0.05, 0) is 25.0 Å². The van der Waals surface area contributed by atoms with Gasteiger partial charge in [0.15, 0.2) is 0 Å². The van der Waals surface area contributed by atoms with Gasteiger partial charge in [-0.15, -0.1) is 6.58 Å². The highest BCUT2D eigenvalue weighted by atomic mass is 16.5. The molecule has 1 rings (SSSR count). The third-order valence-electron chi connectivity index (χ3n) is 3.59. The number of amides is 2. The predicted octanol–water partition coefficient (Wildman–Crippen LogP) is 3.78. The molecule has 0 saturated heterocycles. The zero-order valence-electron chi connectivity index (χ0n) is 15.0. The van der Waals surface area contributed by atoms with Gasteiger partial charge in [0.2, 0.25) is 0 Å². The second-order valence-corrected chi connectivity index (χ2v) is 5.37. The van der Waals surface area contributed by atoms with Crippen molar-refractivity contribution in [3.8, 4) is 5.75 Å². The van der Waals surface area contributed by atoms with Crippen LogP contribution in [0.5, 0.6) is 5.75 Å². The lowest BCUT2D eigenvalue weighted by molar-refractivity contribution is 0.178. The van der Waals surface area contributed by atoms with E-state index in [1.165, 1.54) is 37.1 Å². The Morgan fingerprint density at radius 2 is 1.84 bits per heavy atom. The van der Waals surface area contributed by atoms with Gasteiger partial charge in [-0.1, -0.05) is 12.7 Å². The van der Waals surface area contributed by atoms with E-state index in [0.717, 1.165) is 0 Å². The fraction of sp³-hybridized carbons (Fsp3) is 0.333. The summed E-state index contributed by atoms with van der Waals surface area (Å²) in [6, 6.07) is 3.01. The number of phenolic OH excluding ortho intramolecular Hbond substituents is 1. The highest BCUT2D eigenvalue weighted by Crippen LogP contribution is 2.38. The van der Waals surface area contributed by atoms with Crippen LogP contribution in [-0.4, -0.2) is 45.1 Å². The molecule has 2 amide bonds. The number of carbonyl (C=O) groups excluding carboxylic acids is 2. The van der Waals surface area contributed by atoms with E-state index >= 15 is 0 Å². The molecule has 0 saturated carbocycles. The molecule has 0 fully saturated rings. The lowest BCUT2D eigenvalue weighted by atomic mass is 10.0. The van der Waals surface area contributed by atoms with Crippen molar-refractivity contribution in [2.45, 2.75) is 13.3 Å². The molecular weight excluding hydrogens is 324 g/mol. The number of nitrogens with zero attached hydrogens (tertiary/aromatic N) is 2. The molecule has 0 unspecified atom stereocenters. The molecule has 136 valence electrons. The number of hydrogen-bond acceptors (Lipinski definition) is 5. The molecule has 0 aromatic heterocycles. The van der Waals surface area contributed by atoms with Crippen molar-refractivity contribution < 1.29 is 24.2 Å². The van der Waals surface area contributed by atoms with Gasteiger partial charge in [-0.2, -0.15) is 0 Å². The molecule has 0 spiro atoms. The first-order valence-electron chi connectivity index (χ1n) is 7.59. The second-order valence-electron chi connectivity index (χ2n) is 5.37. The highest BCUT2D eigenvalue weighted by molar-refractivity contribution is 5.96. The number of benzene rings is 1. The fourth-order valence-electron chi connectivity index (χ4n) is 2.32. The molecule has 1 aromatic carbocycles. The van der Waals surface area contributed by atoms with E-state index in [2.05, 4.69) is 17.9 Å². The normalized spacial score (nSPS) is 9.92. The van der Waals surface area contributed by atoms with Gasteiger partial charge in [0.25, 0.3) is 0 Å². The minimum atomic E-state index is -0.607. The van der Waals surface area contributed by atoms with Gasteiger partial charge in [0.1, 0.15) is 5.75 Å². The first kappa shape index (κ1) is 20.1. The Bertz CT molecular complexity index is 684. The molecule has 0 aliphatic rings. The standard InChI is InChI=1S/C18H24N2O5/c1-7-8-9-20(18(23)25-6)14-10-13(19(4)17(22)24-5)11-15(21)16(14)12(2)3/h7,10-11,21H,1-2,8-9H2,3-6H3. The van der Waals surface area contributed by atoms with Gasteiger partial charge in [0.05, 0.1) is 25.6 Å². The summed E-state index contributed by atoms with van der Waals surface area (Å²) >= 11 is 0. The summed E-state index contributed by atoms with van der Waals surface area (Å²) in [6.45, 7) is 9.51. The summed E-state index contributed by atoms with van der Waals surface area (Å²) in [7, 11) is 4.03. The topological polar surface area (TPSA) is 79.3 Å². The summed E-state index contributed by atoms with van der Waals surface area (Å²) < 4.78 is 9.53. The second kappa shape index (κ2) is 8.77. The number of allylic oxidation sites excluding steroid dienone is 1. The molecule has 0 radical (unpaired) electrons. The van der Waals surface area contributed by atoms with Crippen molar-refractivity contribution in [2.75, 3.05) is 37.6 Å². The van der Waals surface area contributed by atoms with Crippen LogP contribution in [0.3, 0.4) is 0 Å². The number of hydrogen-bond donors (Lipinski definition) is 1. The molecular formula is C18H24N2O5. The number of carbonyl (C=O) groups is 2. The van der Waals surface area contributed by atoms with Crippen molar-refractivity contribution in [3.63, 3.8) is 0 Å². The lowest BCUT2D eigenvalue weighted by Crippen LogP contribution is -2.33. The first-order chi connectivity index (χ1) is 11.8. The number of rotatable bonds is 6. The largest absolute Gasteiger partial charge is 0.507 e. The Balaban J connectivity index is 3.58. The number of anilines is 2. The van der Waals surface area contributed by atoms with Crippen LogP contribution < -0.4 is 9.80 Å². The van der Waals surface area contributed by atoms with E-state index in [9.17, 15) is 14.7 Å². The number of ether oxygens (including phenoxy) is 2. The van der Waals surface area contributed by atoms with Gasteiger partial charge in [-0.3, -0.25) is 9.80 Å². The quantitative estimate of drug-likeness (QED) is 0.792. The smallest absolute Gasteiger partial charge is 0.414 e. The molecule has 0 bridgehead atoms. The summed E-state index contributed by atoms with van der Waals surface area (Å²) in [6.07, 6.45) is 0.981. The van der Waals surface area contributed by atoms with Crippen molar-refractivity contribution in [2.24, 2.45) is 0 Å². The minimum absolute atomic E-state index is 0.108. The summed E-state index contributed by atoms with van der Waals surface area (Å²) in [4.78, 5) is 26.6. The van der Waals surface area contributed by atoms with Gasteiger partial charge in [0, 0.05) is 25.2 Å². The molecule has 0 aliphatic carbocycles. The molecule has 1 N–H and O–H groups in total. The van der Waals surface area contributed by atoms with Crippen LogP contribution in [0, 0.1) is 0 Å². The molecule has 7 heteroatoms. The predicted molar refractivity (Wildman–Crippen MR) is 98.2 cm³/mol. The van der Waals surface area contributed by atoms with Crippen LogP contribution in [0.15, 0.2) is 31.4 Å². The van der Waals surface area contributed by atoms with E-state index in [-0.39, 0.29) is 5.75 Å². The van der Waals surface area contributed by atoms with E-state index in [0.29, 0.717) is 35.5 Å². The number of phenols is 1. The first-order valence-corrected chi connectivity index (χ1v) is 7.59. The third kappa shape index (κ3) is 4.53. The average molecular weight is 348 g/mol. The van der Waals surface area contributed by atoms with E-state index < -0.39 is 12.2 Å². The molecule has 0 atom stereocenters. The maximum Gasteiger partial charge on any atom is 0.414 e. The molecule has 25 heavy (non-hydrogen) atoms. The SMILES string of the molecule is C=CCCN(C(=O)OC)c1cc(N(C)C(=O)OC)cc(O)c1C(=C)C. The maximum absolute atomic E-state index is 12.2. The number of methoxy groups -OCH3 is 2. The van der Waals surface area contributed by atoms with E-state index in [1.54, 1.807) is 19.1 Å². The molecule has 1 aromatic rings. The van der Waals surface area contributed by atoms with Crippen molar-refractivity contribution >= 4 is 29.1 Å². The average Bonchev–Trinajstić information content (AvgIpc) is 2.59. The number of aromatic hydroxyl groups is 1. The van der Waals surface area contributed by atoms with Crippen molar-refractivity contribution in [1.29, 1.82) is 0 Å². The van der Waals surface area contributed by atoms with Crippen LogP contribution in [0.2, 0.25) is 0 Å². The van der Waals surface area contributed by atoms with Gasteiger partial charge in [-0.25, -0.2) is 9.59 Å². The fourth-order valence-corrected chi connectivity index (χ4v) is 2.32. The van der Waals surface area contributed by atoms with Crippen molar-refractivity contribution in [3.05, 3.63) is 36.9 Å². The Kier molecular flexibility index (Phi) is 7.05. The van der Waals surface area contributed by atoms with Crippen LogP contribution in [0.25, 0.3) is 5.57 Å². The minimum Gasteiger partial charge on any atom is -0.507 e. The Morgan fingerprint density at radius 1 is 1.24 bits per heavy atom. The Hall–Kier alpha value is -2.96. The summed E-state index contributed by atoms with van der Waals surface area (Å²) in [5, 5.41) is 10.4. The Labute approximate surface area is 147 Å². The van der Waals surface area contributed by atoms with E-state index in [4.69, 9.17) is 4.74 Å². The third-order valence-corrected chi connectivity index (χ3v) is 3.59. The van der Waals surface area contributed by atoms with E-state index in [1.807, 2.05) is 0 Å². The summed E-state index contributed by atoms with van der Waals surface area (Å²) in [5.74, 6) is -0.108. The van der Waals surface area contributed by atoms with Crippen molar-refractivity contribution in [1.82, 2.24) is 0 Å². The lowest BCUT2D eigenvalue weighted by Gasteiger charge is -2.26. The Morgan fingerprint density at radius 3 is 2.32 bits per heavy atom. The van der Waals surface area contributed by atoms with Crippen LogP contribution in [0.1, 0.15) is 18.9 Å². The maximum atomic E-state index is 12.2. The highest BCUT2D eigenvalue weighted by Gasteiger charge is 2.24. The molecule has 0 aliphatic heterocycles. The van der Waals surface area contributed by atoms with Crippen LogP contribution in [0.4, 0.5) is 21.0 Å². The van der Waals surface area contributed by atoms with Crippen LogP contribution in [-0.2, 0) is 9.47 Å². The zero-order valence-corrected chi connectivity index (χ0v) is 15.0. The van der Waals surface area contributed by atoms with Crippen LogP contribution >= 0.6 is 0 Å². The monoisotopic (exact) mass is 348 g/mol. The summed E-state index contributed by atoms with van der Waals surface area (Å²) in [5.41, 5.74) is 1.70. The van der Waals surface area contributed by atoms with Gasteiger partial charge >= 0.3 is 12.2 Å².